The zero-order chi connectivity index (χ0) is 17.1. The summed E-state index contributed by atoms with van der Waals surface area (Å²) in [5, 5.41) is 21.1. The van der Waals surface area contributed by atoms with Crippen molar-refractivity contribution in [2.45, 2.75) is 25.7 Å². The van der Waals surface area contributed by atoms with Crippen molar-refractivity contribution in [1.82, 2.24) is 0 Å². The predicted octanol–water partition coefficient (Wildman–Crippen LogP) is -5.69. The second-order valence-electron chi connectivity index (χ2n) is 6.39. The van der Waals surface area contributed by atoms with Gasteiger partial charge in [0, 0.05) is 23.8 Å². The normalized spacial score (nSPS) is 14.8. The molecule has 2 aliphatic rings. The molecule has 0 fully saturated rings. The smallest absolute Gasteiger partial charge is 0.550 e. The van der Waals surface area contributed by atoms with Crippen molar-refractivity contribution in [3.8, 4) is 0 Å². The molecule has 0 spiro atoms. The van der Waals surface area contributed by atoms with E-state index in [0.29, 0.717) is 25.7 Å². The Balaban J connectivity index is 0.000000241. The fourth-order valence-electron chi connectivity index (χ4n) is 3.45. The zero-order valence-corrected chi connectivity index (χ0v) is 19.2. The third kappa shape index (κ3) is 5.69. The first-order chi connectivity index (χ1) is 11.5. The molecule has 0 unspecified atom stereocenters. The van der Waals surface area contributed by atoms with Gasteiger partial charge in [-0.05, 0) is 47.9 Å². The van der Waals surface area contributed by atoms with Crippen molar-refractivity contribution < 1.29 is 78.9 Å². The van der Waals surface area contributed by atoms with Crippen molar-refractivity contribution in [2.75, 3.05) is 0 Å². The van der Waals surface area contributed by atoms with Crippen LogP contribution in [0.5, 0.6) is 0 Å². The molecule has 0 N–H and O–H groups in total. The van der Waals surface area contributed by atoms with Crippen LogP contribution in [0.2, 0.25) is 0 Å². The topological polar surface area (TPSA) is 80.3 Å². The SMILES string of the molecule is O=C([O-])C1Cc2ccccc2C1.O=C([O-])C1Cc2ccccc2C1.[Na+].[Na+]. The van der Waals surface area contributed by atoms with Gasteiger partial charge < -0.3 is 19.8 Å². The van der Waals surface area contributed by atoms with Crippen LogP contribution < -0.4 is 69.3 Å². The Bertz CT molecular complexity index is 660. The number of benzene rings is 2. The molecule has 0 amide bonds. The van der Waals surface area contributed by atoms with Crippen molar-refractivity contribution in [3.05, 3.63) is 70.8 Å². The van der Waals surface area contributed by atoms with Gasteiger partial charge in [0.25, 0.3) is 0 Å². The molecule has 0 aliphatic heterocycles. The molecule has 2 aromatic rings. The maximum atomic E-state index is 10.6. The molecule has 124 valence electrons. The van der Waals surface area contributed by atoms with Gasteiger partial charge in [0.2, 0.25) is 0 Å². The Morgan fingerprint density at radius 1 is 0.615 bits per heavy atom. The third-order valence-electron chi connectivity index (χ3n) is 4.77. The monoisotopic (exact) mass is 368 g/mol. The van der Waals surface area contributed by atoms with E-state index in [2.05, 4.69) is 0 Å². The van der Waals surface area contributed by atoms with Gasteiger partial charge in [0.1, 0.15) is 0 Å². The first-order valence-electron chi connectivity index (χ1n) is 8.10. The average Bonchev–Trinajstić information content (AvgIpc) is 3.19. The van der Waals surface area contributed by atoms with Crippen LogP contribution in [-0.4, -0.2) is 11.9 Å². The second-order valence-corrected chi connectivity index (χ2v) is 6.39. The molecule has 6 heteroatoms. The molecule has 0 saturated carbocycles. The Morgan fingerprint density at radius 3 is 1.04 bits per heavy atom. The van der Waals surface area contributed by atoms with E-state index in [1.54, 1.807) is 0 Å². The molecular weight excluding hydrogens is 350 g/mol. The van der Waals surface area contributed by atoms with Gasteiger partial charge in [-0.25, -0.2) is 0 Å². The number of carboxylic acid groups (broad SMARTS) is 2. The quantitative estimate of drug-likeness (QED) is 0.495. The summed E-state index contributed by atoms with van der Waals surface area (Å²) in [7, 11) is 0. The van der Waals surface area contributed by atoms with Crippen LogP contribution >= 0.6 is 0 Å². The summed E-state index contributed by atoms with van der Waals surface area (Å²) < 4.78 is 0. The van der Waals surface area contributed by atoms with Crippen LogP contribution in [0.15, 0.2) is 48.5 Å². The van der Waals surface area contributed by atoms with Crippen LogP contribution in [0.25, 0.3) is 0 Å². The maximum Gasteiger partial charge on any atom is 1.00 e. The molecule has 0 atom stereocenters. The first-order valence-corrected chi connectivity index (χ1v) is 8.10. The van der Waals surface area contributed by atoms with Crippen LogP contribution in [0, 0.1) is 11.8 Å². The van der Waals surface area contributed by atoms with E-state index in [1.807, 2.05) is 48.5 Å². The molecule has 2 aromatic carbocycles. The van der Waals surface area contributed by atoms with Gasteiger partial charge in [0.05, 0.1) is 0 Å². The Kier molecular flexibility index (Phi) is 9.59. The van der Waals surface area contributed by atoms with Crippen LogP contribution in [0.1, 0.15) is 22.3 Å². The first kappa shape index (κ1) is 23.4. The van der Waals surface area contributed by atoms with E-state index < -0.39 is 11.9 Å². The number of carbonyl (C=O) groups excluding carboxylic acids is 2. The number of hydrogen-bond acceptors (Lipinski definition) is 4. The molecule has 0 radical (unpaired) electrons. The fraction of sp³-hybridized carbons (Fsp3) is 0.300. The summed E-state index contributed by atoms with van der Waals surface area (Å²) in [5.41, 5.74) is 4.64. The molecule has 0 heterocycles. The van der Waals surface area contributed by atoms with Crippen molar-refractivity contribution in [1.29, 1.82) is 0 Å². The summed E-state index contributed by atoms with van der Waals surface area (Å²) in [6, 6.07) is 15.7. The summed E-state index contributed by atoms with van der Waals surface area (Å²) in [6.45, 7) is 0. The zero-order valence-electron chi connectivity index (χ0n) is 15.2. The Hall–Kier alpha value is -0.620. The number of hydrogen-bond donors (Lipinski definition) is 0. The van der Waals surface area contributed by atoms with Crippen LogP contribution in [0.3, 0.4) is 0 Å². The summed E-state index contributed by atoms with van der Waals surface area (Å²) in [4.78, 5) is 21.1. The average molecular weight is 368 g/mol. The molecule has 0 aromatic heterocycles. The van der Waals surface area contributed by atoms with E-state index in [4.69, 9.17) is 0 Å². The van der Waals surface area contributed by atoms with Gasteiger partial charge >= 0.3 is 59.1 Å². The van der Waals surface area contributed by atoms with Crippen LogP contribution in [-0.2, 0) is 35.3 Å². The van der Waals surface area contributed by atoms with E-state index in [1.165, 1.54) is 0 Å². The van der Waals surface area contributed by atoms with E-state index in [0.717, 1.165) is 22.3 Å². The van der Waals surface area contributed by atoms with Gasteiger partial charge in [-0.1, -0.05) is 48.5 Å². The van der Waals surface area contributed by atoms with E-state index in [9.17, 15) is 19.8 Å². The number of rotatable bonds is 2. The second kappa shape index (κ2) is 10.6. The van der Waals surface area contributed by atoms with Crippen molar-refractivity contribution in [3.63, 3.8) is 0 Å². The number of aliphatic carboxylic acids is 2. The Labute approximate surface area is 197 Å². The minimum absolute atomic E-state index is 0. The van der Waals surface area contributed by atoms with E-state index in [-0.39, 0.29) is 71.0 Å². The van der Waals surface area contributed by atoms with Gasteiger partial charge in [-0.2, -0.15) is 0 Å². The summed E-state index contributed by atoms with van der Waals surface area (Å²) in [6.07, 6.45) is 2.55. The molecule has 26 heavy (non-hydrogen) atoms. The number of fused-ring (bicyclic) bond motifs is 2. The molecular formula is C20H18Na2O4. The molecule has 4 nitrogen and oxygen atoms in total. The number of carbonyl (C=O) groups is 2. The molecule has 0 saturated heterocycles. The molecule has 4 rings (SSSR count). The van der Waals surface area contributed by atoms with E-state index >= 15 is 0 Å². The van der Waals surface area contributed by atoms with Gasteiger partial charge in [-0.3, -0.25) is 0 Å². The van der Waals surface area contributed by atoms with Crippen LogP contribution in [0.4, 0.5) is 0 Å². The minimum atomic E-state index is -0.925. The summed E-state index contributed by atoms with van der Waals surface area (Å²) in [5.74, 6) is -2.46. The van der Waals surface area contributed by atoms with Crippen molar-refractivity contribution in [2.24, 2.45) is 11.8 Å². The van der Waals surface area contributed by atoms with Crippen molar-refractivity contribution >= 4 is 11.9 Å². The maximum absolute atomic E-state index is 10.6. The standard InChI is InChI=1S/2C10H10O2.2Na/c2*11-10(12)9-5-7-3-1-2-4-8(7)6-9;;/h2*1-4,9H,5-6H2,(H,11,12);;/q;;2*+1/p-2. The van der Waals surface area contributed by atoms with Gasteiger partial charge in [0.15, 0.2) is 0 Å². The fourth-order valence-corrected chi connectivity index (χ4v) is 3.45. The van der Waals surface area contributed by atoms with Gasteiger partial charge in [-0.15, -0.1) is 0 Å². The molecule has 0 bridgehead atoms. The largest absolute Gasteiger partial charge is 1.00 e. The predicted molar refractivity (Wildman–Crippen MR) is 84.7 cm³/mol. The third-order valence-corrected chi connectivity index (χ3v) is 4.77. The minimum Gasteiger partial charge on any atom is -0.550 e. The Morgan fingerprint density at radius 2 is 0.846 bits per heavy atom. The number of carboxylic acids is 2. The summed E-state index contributed by atoms with van der Waals surface area (Å²) >= 11 is 0. The molecule has 2 aliphatic carbocycles.